The number of hydrogen-bond donors (Lipinski definition) is 2. The van der Waals surface area contributed by atoms with Gasteiger partial charge in [0.05, 0.1) is 13.2 Å². The van der Waals surface area contributed by atoms with Crippen molar-refractivity contribution in [2.45, 2.75) is 12.8 Å². The summed E-state index contributed by atoms with van der Waals surface area (Å²) in [6.45, 7) is 2.43. The molecule has 8 heteroatoms. The Bertz CT molecular complexity index is 957. The minimum atomic E-state index is -0.477. The summed E-state index contributed by atoms with van der Waals surface area (Å²) in [4.78, 5) is 30.0. The molecule has 7 nitrogen and oxygen atoms in total. The summed E-state index contributed by atoms with van der Waals surface area (Å²) in [6, 6.07) is 13.0. The number of ether oxygens (including phenoxy) is 1. The van der Waals surface area contributed by atoms with Gasteiger partial charge < -0.3 is 20.3 Å². The van der Waals surface area contributed by atoms with Gasteiger partial charge in [0.25, 0.3) is 0 Å². The molecule has 2 aromatic carbocycles. The van der Waals surface area contributed by atoms with Crippen LogP contribution in [0.5, 0.6) is 0 Å². The fraction of sp³-hybridized carbons (Fsp3) is 0.318. The summed E-state index contributed by atoms with van der Waals surface area (Å²) < 4.78 is 4.78. The lowest BCUT2D eigenvalue weighted by molar-refractivity contribution is -0.141. The van der Waals surface area contributed by atoms with Gasteiger partial charge in [0.15, 0.2) is 0 Å². The normalized spacial score (nSPS) is 14.9. The van der Waals surface area contributed by atoms with Crippen LogP contribution in [0.3, 0.4) is 0 Å². The van der Waals surface area contributed by atoms with Crippen LogP contribution < -0.4 is 10.6 Å². The van der Waals surface area contributed by atoms with E-state index in [4.69, 9.17) is 21.3 Å². The zero-order chi connectivity index (χ0) is 21.7. The second-order valence-corrected chi connectivity index (χ2v) is 7.51. The van der Waals surface area contributed by atoms with Crippen LogP contribution in [0.25, 0.3) is 0 Å². The predicted octanol–water partition coefficient (Wildman–Crippen LogP) is 3.48. The van der Waals surface area contributed by atoms with Crippen molar-refractivity contribution in [2.75, 3.05) is 39.1 Å². The van der Waals surface area contributed by atoms with Gasteiger partial charge in [-0.25, -0.2) is 4.79 Å². The molecule has 2 N–H and O–H groups in total. The zero-order valence-electron chi connectivity index (χ0n) is 17.2. The van der Waals surface area contributed by atoms with Crippen LogP contribution in [0.2, 0.25) is 5.02 Å². The highest BCUT2D eigenvalue weighted by Crippen LogP contribution is 2.34. The monoisotopic (exact) mass is 428 g/mol. The standard InChI is InChI=1S/C22H25ClN4O3/c1-4-30-20(28)13-25-22(29)26-16-8-5-14(6-9-16)19-12-24-21(27(2)3)17-10-7-15(23)11-18(17)19/h5-11,19H,4,12-13H2,1-3H3,(H2,25,26,29). The van der Waals surface area contributed by atoms with Crippen molar-refractivity contribution in [3.8, 4) is 0 Å². The van der Waals surface area contributed by atoms with E-state index in [2.05, 4.69) is 10.6 Å². The lowest BCUT2D eigenvalue weighted by Gasteiger charge is -2.28. The molecular weight excluding hydrogens is 404 g/mol. The summed E-state index contributed by atoms with van der Waals surface area (Å²) >= 11 is 6.27. The Labute approximate surface area is 181 Å². The Morgan fingerprint density at radius 1 is 1.20 bits per heavy atom. The van der Waals surface area contributed by atoms with Crippen molar-refractivity contribution in [1.82, 2.24) is 10.2 Å². The molecule has 3 rings (SSSR count). The van der Waals surface area contributed by atoms with E-state index in [0.29, 0.717) is 17.3 Å². The van der Waals surface area contributed by atoms with E-state index in [0.717, 1.165) is 22.5 Å². The van der Waals surface area contributed by atoms with E-state index in [1.165, 1.54) is 0 Å². The first-order valence-electron chi connectivity index (χ1n) is 9.71. The Balaban J connectivity index is 1.72. The average Bonchev–Trinajstić information content (AvgIpc) is 2.72. The van der Waals surface area contributed by atoms with E-state index in [9.17, 15) is 9.59 Å². The number of amides is 2. The Morgan fingerprint density at radius 3 is 2.60 bits per heavy atom. The Kier molecular flexibility index (Phi) is 6.95. The highest BCUT2D eigenvalue weighted by atomic mass is 35.5. The van der Waals surface area contributed by atoms with Crippen LogP contribution in [0.4, 0.5) is 10.5 Å². The topological polar surface area (TPSA) is 83.0 Å². The van der Waals surface area contributed by atoms with Crippen LogP contribution >= 0.6 is 11.6 Å². The van der Waals surface area contributed by atoms with Gasteiger partial charge in [0, 0.05) is 36.3 Å². The van der Waals surface area contributed by atoms with Gasteiger partial charge in [0.2, 0.25) is 0 Å². The molecule has 0 fully saturated rings. The maximum atomic E-state index is 11.9. The SMILES string of the molecule is CCOC(=O)CNC(=O)Nc1ccc(C2CN=C(N(C)C)c3ccc(Cl)cc32)cc1. The van der Waals surface area contributed by atoms with E-state index >= 15 is 0 Å². The first-order chi connectivity index (χ1) is 14.4. The fourth-order valence-corrected chi connectivity index (χ4v) is 3.57. The number of nitrogens with zero attached hydrogens (tertiary/aromatic N) is 2. The third-order valence-corrected chi connectivity index (χ3v) is 4.98. The number of benzene rings is 2. The number of carbonyl (C=O) groups excluding carboxylic acids is 2. The summed E-state index contributed by atoms with van der Waals surface area (Å²) in [5, 5.41) is 5.86. The largest absolute Gasteiger partial charge is 0.465 e. The molecule has 1 aliphatic rings. The van der Waals surface area contributed by atoms with E-state index in [1.54, 1.807) is 6.92 Å². The quantitative estimate of drug-likeness (QED) is 0.714. The third-order valence-electron chi connectivity index (χ3n) is 4.75. The van der Waals surface area contributed by atoms with Crippen molar-refractivity contribution in [2.24, 2.45) is 4.99 Å². The predicted molar refractivity (Wildman–Crippen MR) is 118 cm³/mol. The fourth-order valence-electron chi connectivity index (χ4n) is 3.39. The molecule has 0 bridgehead atoms. The molecule has 0 radical (unpaired) electrons. The molecular formula is C22H25ClN4O3. The van der Waals surface area contributed by atoms with Gasteiger partial charge in [0.1, 0.15) is 12.4 Å². The average molecular weight is 429 g/mol. The molecule has 30 heavy (non-hydrogen) atoms. The van der Waals surface area contributed by atoms with Crippen molar-refractivity contribution < 1.29 is 14.3 Å². The number of nitrogens with one attached hydrogen (secondary N) is 2. The number of anilines is 1. The van der Waals surface area contributed by atoms with Crippen molar-refractivity contribution in [3.05, 3.63) is 64.2 Å². The molecule has 158 valence electrons. The van der Waals surface area contributed by atoms with Gasteiger partial charge in [-0.15, -0.1) is 0 Å². The van der Waals surface area contributed by atoms with Crippen LogP contribution in [0, 0.1) is 0 Å². The van der Waals surface area contributed by atoms with Gasteiger partial charge in [-0.05, 0) is 48.4 Å². The highest BCUT2D eigenvalue weighted by Gasteiger charge is 2.25. The number of halogens is 1. The number of rotatable bonds is 5. The molecule has 2 aromatic rings. The number of esters is 1. The number of amidine groups is 1. The molecule has 2 amide bonds. The summed E-state index contributed by atoms with van der Waals surface area (Å²) in [5.41, 5.74) is 3.91. The minimum absolute atomic E-state index is 0.0779. The van der Waals surface area contributed by atoms with Gasteiger partial charge in [-0.3, -0.25) is 9.79 Å². The first-order valence-corrected chi connectivity index (χ1v) is 10.1. The van der Waals surface area contributed by atoms with E-state index < -0.39 is 12.0 Å². The van der Waals surface area contributed by atoms with Gasteiger partial charge in [-0.1, -0.05) is 23.7 Å². The number of urea groups is 1. The molecule has 0 aliphatic carbocycles. The molecule has 0 aromatic heterocycles. The lowest BCUT2D eigenvalue weighted by atomic mass is 9.85. The zero-order valence-corrected chi connectivity index (χ0v) is 18.0. The third kappa shape index (κ3) is 5.10. The first kappa shape index (κ1) is 21.6. The highest BCUT2D eigenvalue weighted by molar-refractivity contribution is 6.30. The van der Waals surface area contributed by atoms with Gasteiger partial charge in [-0.2, -0.15) is 0 Å². The molecule has 1 heterocycles. The molecule has 1 atom stereocenters. The van der Waals surface area contributed by atoms with Crippen LogP contribution in [0.15, 0.2) is 47.5 Å². The molecule has 1 unspecified atom stereocenters. The summed E-state index contributed by atoms with van der Waals surface area (Å²) in [7, 11) is 3.95. The second kappa shape index (κ2) is 9.63. The molecule has 1 aliphatic heterocycles. The molecule has 0 spiro atoms. The maximum absolute atomic E-state index is 11.9. The molecule has 0 saturated heterocycles. The minimum Gasteiger partial charge on any atom is -0.465 e. The Hall–Kier alpha value is -3.06. The molecule has 0 saturated carbocycles. The number of carbonyl (C=O) groups is 2. The van der Waals surface area contributed by atoms with Crippen molar-refractivity contribution in [3.63, 3.8) is 0 Å². The number of fused-ring (bicyclic) bond motifs is 1. The van der Waals surface area contributed by atoms with E-state index in [-0.39, 0.29) is 19.1 Å². The van der Waals surface area contributed by atoms with Crippen LogP contribution in [0.1, 0.15) is 29.5 Å². The maximum Gasteiger partial charge on any atom is 0.325 e. The smallest absolute Gasteiger partial charge is 0.325 e. The second-order valence-electron chi connectivity index (χ2n) is 7.08. The van der Waals surface area contributed by atoms with E-state index in [1.807, 2.05) is 61.5 Å². The lowest BCUT2D eigenvalue weighted by Crippen LogP contribution is -2.34. The number of hydrogen-bond acceptors (Lipinski definition) is 5. The van der Waals surface area contributed by atoms with Crippen LogP contribution in [-0.4, -0.2) is 56.5 Å². The Morgan fingerprint density at radius 2 is 1.93 bits per heavy atom. The van der Waals surface area contributed by atoms with Crippen molar-refractivity contribution >= 4 is 35.1 Å². The summed E-state index contributed by atoms with van der Waals surface area (Å²) in [5.74, 6) is 0.541. The van der Waals surface area contributed by atoms with Gasteiger partial charge >= 0.3 is 12.0 Å². The number of aliphatic imine (C=N–C) groups is 1. The summed E-state index contributed by atoms with van der Waals surface area (Å²) in [6.07, 6.45) is 0. The van der Waals surface area contributed by atoms with Crippen LogP contribution in [-0.2, 0) is 9.53 Å². The van der Waals surface area contributed by atoms with Crippen molar-refractivity contribution in [1.29, 1.82) is 0 Å².